The number of sulfonamides is 1. The Balaban J connectivity index is 1.31. The molecule has 4 rings (SSSR count). The number of piperazine rings is 1. The third-order valence-electron chi connectivity index (χ3n) is 5.66. The highest BCUT2D eigenvalue weighted by Gasteiger charge is 2.31. The molecule has 9 nitrogen and oxygen atoms in total. The molecule has 2 aromatic rings. The highest BCUT2D eigenvalue weighted by Crippen LogP contribution is 2.23. The van der Waals surface area contributed by atoms with Crippen LogP contribution in [0.5, 0.6) is 0 Å². The first-order valence-corrected chi connectivity index (χ1v) is 11.7. The highest BCUT2D eigenvalue weighted by molar-refractivity contribution is 7.89. The molecule has 1 N–H and O–H groups in total. The molecule has 0 aromatic heterocycles. The normalized spacial score (nSPS) is 17.9. The third kappa shape index (κ3) is 4.40. The molecule has 0 unspecified atom stereocenters. The molecule has 164 valence electrons. The molecule has 2 aromatic carbocycles. The maximum atomic E-state index is 13.0. The van der Waals surface area contributed by atoms with Crippen LogP contribution in [0, 0.1) is 0 Å². The SMILES string of the molecule is O=C(CCCN1C(=O)CNC1=O)N1CCN(S(=O)(=O)c2ccc3ccccc3c2)CC1. The topological polar surface area (TPSA) is 107 Å². The molecule has 0 bridgehead atoms. The van der Waals surface area contributed by atoms with E-state index in [1.54, 1.807) is 23.1 Å². The molecule has 0 radical (unpaired) electrons. The van der Waals surface area contributed by atoms with Crippen molar-refractivity contribution in [3.05, 3.63) is 42.5 Å². The van der Waals surface area contributed by atoms with Gasteiger partial charge in [0.25, 0.3) is 0 Å². The van der Waals surface area contributed by atoms with Gasteiger partial charge in [-0.2, -0.15) is 4.31 Å². The van der Waals surface area contributed by atoms with E-state index in [1.165, 1.54) is 4.31 Å². The number of nitrogens with one attached hydrogen (secondary N) is 1. The second kappa shape index (κ2) is 8.64. The van der Waals surface area contributed by atoms with E-state index in [2.05, 4.69) is 5.32 Å². The van der Waals surface area contributed by atoms with E-state index >= 15 is 0 Å². The van der Waals surface area contributed by atoms with Crippen molar-refractivity contribution in [2.75, 3.05) is 39.3 Å². The zero-order chi connectivity index (χ0) is 22.0. The molecule has 4 amide bonds. The number of imide groups is 1. The number of rotatable bonds is 6. The van der Waals surface area contributed by atoms with E-state index in [4.69, 9.17) is 0 Å². The maximum absolute atomic E-state index is 13.0. The van der Waals surface area contributed by atoms with Crippen LogP contribution in [0.15, 0.2) is 47.4 Å². The van der Waals surface area contributed by atoms with Crippen LogP contribution in [0.3, 0.4) is 0 Å². The minimum atomic E-state index is -3.64. The van der Waals surface area contributed by atoms with Gasteiger partial charge in [0.1, 0.15) is 0 Å². The summed E-state index contributed by atoms with van der Waals surface area (Å²) in [6.45, 7) is 1.29. The van der Waals surface area contributed by atoms with Crippen LogP contribution in [0.1, 0.15) is 12.8 Å². The lowest BCUT2D eigenvalue weighted by Crippen LogP contribution is -2.50. The lowest BCUT2D eigenvalue weighted by atomic mass is 10.1. The summed E-state index contributed by atoms with van der Waals surface area (Å²) in [7, 11) is -3.64. The van der Waals surface area contributed by atoms with Crippen molar-refractivity contribution >= 4 is 38.6 Å². The second-order valence-corrected chi connectivity index (χ2v) is 9.54. The lowest BCUT2D eigenvalue weighted by Gasteiger charge is -2.34. The van der Waals surface area contributed by atoms with Crippen molar-refractivity contribution in [2.24, 2.45) is 0 Å². The van der Waals surface area contributed by atoms with E-state index < -0.39 is 16.1 Å². The number of amides is 4. The molecular formula is C21H24N4O5S. The van der Waals surface area contributed by atoms with Gasteiger partial charge < -0.3 is 10.2 Å². The first-order chi connectivity index (χ1) is 14.9. The van der Waals surface area contributed by atoms with Crippen molar-refractivity contribution in [2.45, 2.75) is 17.7 Å². The quantitative estimate of drug-likeness (QED) is 0.669. The summed E-state index contributed by atoms with van der Waals surface area (Å²) < 4.78 is 27.5. The third-order valence-corrected chi connectivity index (χ3v) is 7.55. The molecule has 2 fully saturated rings. The van der Waals surface area contributed by atoms with E-state index in [0.29, 0.717) is 19.5 Å². The van der Waals surface area contributed by atoms with Crippen molar-refractivity contribution in [1.82, 2.24) is 19.4 Å². The van der Waals surface area contributed by atoms with Gasteiger partial charge in [-0.3, -0.25) is 14.5 Å². The summed E-state index contributed by atoms with van der Waals surface area (Å²) in [4.78, 5) is 38.5. The van der Waals surface area contributed by atoms with Crippen molar-refractivity contribution in [3.8, 4) is 0 Å². The molecule has 31 heavy (non-hydrogen) atoms. The summed E-state index contributed by atoms with van der Waals surface area (Å²) in [5.41, 5.74) is 0. The minimum Gasteiger partial charge on any atom is -0.340 e. The lowest BCUT2D eigenvalue weighted by molar-refractivity contribution is -0.133. The molecule has 0 saturated carbocycles. The molecule has 2 saturated heterocycles. The standard InChI is InChI=1S/C21H24N4O5S/c26-19(6-3-9-25-20(27)15-22-21(25)28)23-10-12-24(13-11-23)31(29,30)18-8-7-16-4-1-2-5-17(16)14-18/h1-2,4-5,7-8,14H,3,6,9-13,15H2,(H,22,28). The Kier molecular flexibility index (Phi) is 5.92. The number of fused-ring (bicyclic) bond motifs is 1. The van der Waals surface area contributed by atoms with Crippen molar-refractivity contribution in [1.29, 1.82) is 0 Å². The Hall–Kier alpha value is -2.98. The predicted octanol–water partition coefficient (Wildman–Crippen LogP) is 1.00. The summed E-state index contributed by atoms with van der Waals surface area (Å²) in [6, 6.07) is 12.3. The van der Waals surface area contributed by atoms with Crippen LogP contribution in [0.25, 0.3) is 10.8 Å². The van der Waals surface area contributed by atoms with Gasteiger partial charge in [0.05, 0.1) is 11.4 Å². The smallest absolute Gasteiger partial charge is 0.324 e. The van der Waals surface area contributed by atoms with E-state index in [9.17, 15) is 22.8 Å². The summed E-state index contributed by atoms with van der Waals surface area (Å²) in [6.07, 6.45) is 0.585. The number of carbonyl (C=O) groups is 3. The minimum absolute atomic E-state index is 0.000418. The van der Waals surface area contributed by atoms with Crippen LogP contribution in [0.2, 0.25) is 0 Å². The van der Waals surface area contributed by atoms with Gasteiger partial charge in [-0.05, 0) is 29.3 Å². The van der Waals surface area contributed by atoms with Crippen LogP contribution < -0.4 is 5.32 Å². The van der Waals surface area contributed by atoms with Crippen molar-refractivity contribution < 1.29 is 22.8 Å². The van der Waals surface area contributed by atoms with Crippen LogP contribution in [0.4, 0.5) is 4.79 Å². The van der Waals surface area contributed by atoms with Gasteiger partial charge in [-0.25, -0.2) is 13.2 Å². The van der Waals surface area contributed by atoms with E-state index in [0.717, 1.165) is 15.7 Å². The molecule has 0 aliphatic carbocycles. The fraction of sp³-hybridized carbons (Fsp3) is 0.381. The Labute approximate surface area is 180 Å². The zero-order valence-corrected chi connectivity index (χ0v) is 17.8. The highest BCUT2D eigenvalue weighted by atomic mass is 32.2. The molecule has 2 heterocycles. The number of hydrogen-bond donors (Lipinski definition) is 1. The number of nitrogens with zero attached hydrogens (tertiary/aromatic N) is 3. The van der Waals surface area contributed by atoms with E-state index in [-0.39, 0.29) is 49.3 Å². The Morgan fingerprint density at radius 3 is 2.35 bits per heavy atom. The fourth-order valence-corrected chi connectivity index (χ4v) is 5.34. The van der Waals surface area contributed by atoms with Crippen molar-refractivity contribution in [3.63, 3.8) is 0 Å². The van der Waals surface area contributed by atoms with Gasteiger partial charge in [-0.1, -0.05) is 30.3 Å². The fourth-order valence-electron chi connectivity index (χ4n) is 3.88. The average molecular weight is 445 g/mol. The van der Waals surface area contributed by atoms with E-state index in [1.807, 2.05) is 24.3 Å². The largest absolute Gasteiger partial charge is 0.340 e. The molecule has 2 aliphatic rings. The van der Waals surface area contributed by atoms with Crippen LogP contribution >= 0.6 is 0 Å². The number of hydrogen-bond acceptors (Lipinski definition) is 5. The van der Waals surface area contributed by atoms with Crippen LogP contribution in [-0.4, -0.2) is 79.6 Å². The number of benzene rings is 2. The average Bonchev–Trinajstić information content (AvgIpc) is 3.11. The molecule has 2 aliphatic heterocycles. The first kappa shape index (κ1) is 21.3. The van der Waals surface area contributed by atoms with Gasteiger partial charge in [0, 0.05) is 39.1 Å². The molecule has 10 heteroatoms. The number of urea groups is 1. The van der Waals surface area contributed by atoms with Gasteiger partial charge >= 0.3 is 6.03 Å². The Morgan fingerprint density at radius 2 is 1.68 bits per heavy atom. The summed E-state index contributed by atoms with van der Waals surface area (Å²) in [5.74, 6) is -0.389. The Bertz CT molecular complexity index is 1110. The van der Waals surface area contributed by atoms with Gasteiger partial charge in [-0.15, -0.1) is 0 Å². The monoisotopic (exact) mass is 444 g/mol. The molecular weight excluding hydrogens is 420 g/mol. The Morgan fingerprint density at radius 1 is 0.968 bits per heavy atom. The number of carbonyl (C=O) groups excluding carboxylic acids is 3. The molecule has 0 spiro atoms. The van der Waals surface area contributed by atoms with Crippen LogP contribution in [-0.2, 0) is 19.6 Å². The predicted molar refractivity (Wildman–Crippen MR) is 114 cm³/mol. The van der Waals surface area contributed by atoms with Gasteiger partial charge in [0.15, 0.2) is 0 Å². The maximum Gasteiger partial charge on any atom is 0.324 e. The second-order valence-electron chi connectivity index (χ2n) is 7.60. The molecule has 0 atom stereocenters. The summed E-state index contributed by atoms with van der Waals surface area (Å²) in [5, 5.41) is 4.28. The summed E-state index contributed by atoms with van der Waals surface area (Å²) >= 11 is 0. The first-order valence-electron chi connectivity index (χ1n) is 10.2. The zero-order valence-electron chi connectivity index (χ0n) is 17.0. The van der Waals surface area contributed by atoms with Gasteiger partial charge in [0.2, 0.25) is 21.8 Å².